The third kappa shape index (κ3) is 5.10. The minimum atomic E-state index is -1.82. The van der Waals surface area contributed by atoms with Gasteiger partial charge >= 0.3 is 5.97 Å². The molecule has 0 spiro atoms. The smallest absolute Gasteiger partial charge is 0.335 e. The Hall–Kier alpha value is -1.68. The van der Waals surface area contributed by atoms with Gasteiger partial charge in [-0.05, 0) is 30.6 Å². The quantitative estimate of drug-likeness (QED) is 0.189. The zero-order valence-corrected chi connectivity index (χ0v) is 19.4. The van der Waals surface area contributed by atoms with Crippen molar-refractivity contribution >= 4 is 11.9 Å². The molecule has 0 radical (unpaired) electrons. The maximum absolute atomic E-state index is 13.1. The van der Waals surface area contributed by atoms with E-state index in [-0.39, 0.29) is 5.92 Å². The van der Waals surface area contributed by atoms with Crippen LogP contribution < -0.4 is 5.32 Å². The first-order valence-corrected chi connectivity index (χ1v) is 11.6. The second-order valence-corrected chi connectivity index (χ2v) is 9.47. The van der Waals surface area contributed by atoms with Crippen LogP contribution in [0, 0.1) is 17.8 Å². The van der Waals surface area contributed by atoms with Gasteiger partial charge in [-0.2, -0.15) is 0 Å². The van der Waals surface area contributed by atoms with Crippen LogP contribution in [0.5, 0.6) is 0 Å². The molecule has 0 aromatic carbocycles. The second kappa shape index (κ2) is 10.7. The van der Waals surface area contributed by atoms with Gasteiger partial charge in [0.2, 0.25) is 0 Å². The average molecular weight is 504 g/mol. The molecule has 2 saturated heterocycles. The van der Waals surface area contributed by atoms with E-state index < -0.39 is 73.3 Å². The first kappa shape index (κ1) is 26.4. The fourth-order valence-corrected chi connectivity index (χ4v) is 5.44. The van der Waals surface area contributed by atoms with Gasteiger partial charge in [0, 0.05) is 20.8 Å². The molecular formula is C22H33NO12. The van der Waals surface area contributed by atoms with E-state index >= 15 is 0 Å². The van der Waals surface area contributed by atoms with E-state index in [0.717, 1.165) is 20.0 Å². The van der Waals surface area contributed by atoms with Crippen LogP contribution in [0.3, 0.4) is 0 Å². The summed E-state index contributed by atoms with van der Waals surface area (Å²) in [6, 6.07) is 0. The Labute approximate surface area is 201 Å². The topological polar surface area (TPSA) is 193 Å². The predicted molar refractivity (Wildman–Crippen MR) is 114 cm³/mol. The molecular weight excluding hydrogens is 470 g/mol. The van der Waals surface area contributed by atoms with Gasteiger partial charge in [-0.15, -0.1) is 0 Å². The highest BCUT2D eigenvalue weighted by Gasteiger charge is 2.54. The third-order valence-corrected chi connectivity index (χ3v) is 7.34. The molecule has 6 N–H and O–H groups in total. The lowest BCUT2D eigenvalue weighted by Gasteiger charge is -2.45. The molecule has 2 aliphatic heterocycles. The van der Waals surface area contributed by atoms with Gasteiger partial charge in [0.25, 0.3) is 5.91 Å². The van der Waals surface area contributed by atoms with Gasteiger partial charge in [0.1, 0.15) is 36.6 Å². The number of carbonyl (C=O) groups is 2. The number of hydrogen-bond donors (Lipinski definition) is 6. The lowest BCUT2D eigenvalue weighted by Crippen LogP contribution is -2.66. The molecule has 2 bridgehead atoms. The number of carboxylic acids is 1. The Kier molecular flexibility index (Phi) is 8.10. The highest BCUT2D eigenvalue weighted by Crippen LogP contribution is 2.43. The van der Waals surface area contributed by atoms with Gasteiger partial charge < -0.3 is 54.5 Å². The summed E-state index contributed by atoms with van der Waals surface area (Å²) in [5, 5.41) is 54.0. The SMILES string of the molecule is COC1OC(C(=O)NCC2CC3C=CC2C3)C(OC2OC(C(=O)O)C(O)C(OC)C2O)C(O)C1O. The number of aliphatic carboxylic acids is 1. The highest BCUT2D eigenvalue weighted by molar-refractivity contribution is 5.81. The number of nitrogens with one attached hydrogen (secondary N) is 1. The standard InChI is InChI=1S/C22H33NO12/c1-31-15-13(26)17(20(29)30)34-22(14(15)27)33-16-11(24)12(25)21(32-2)35-18(16)19(28)23-7-10-6-8-3-4-9(10)5-8/h3-4,8-18,21-22,24-27H,5-7H2,1-2H3,(H,23,28)(H,29,30). The first-order chi connectivity index (χ1) is 16.7. The van der Waals surface area contributed by atoms with Crippen molar-refractivity contribution in [2.75, 3.05) is 20.8 Å². The van der Waals surface area contributed by atoms with Gasteiger partial charge in [0.05, 0.1) is 0 Å². The molecule has 2 heterocycles. The van der Waals surface area contributed by atoms with E-state index in [1.54, 1.807) is 0 Å². The Bertz CT molecular complexity index is 809. The predicted octanol–water partition coefficient (Wildman–Crippen LogP) is -2.66. The summed E-state index contributed by atoms with van der Waals surface area (Å²) >= 11 is 0. The number of ether oxygens (including phenoxy) is 5. The lowest BCUT2D eigenvalue weighted by atomic mass is 9.93. The summed E-state index contributed by atoms with van der Waals surface area (Å²) in [5.74, 6) is -1.02. The van der Waals surface area contributed by atoms with E-state index in [0.29, 0.717) is 18.4 Å². The van der Waals surface area contributed by atoms with Gasteiger partial charge in [-0.25, -0.2) is 4.79 Å². The average Bonchev–Trinajstić information content (AvgIpc) is 3.46. The maximum Gasteiger partial charge on any atom is 0.335 e. The summed E-state index contributed by atoms with van der Waals surface area (Å²) in [5.41, 5.74) is 0. The zero-order chi connectivity index (χ0) is 25.4. The third-order valence-electron chi connectivity index (χ3n) is 7.34. The van der Waals surface area contributed by atoms with Crippen LogP contribution in [0.1, 0.15) is 12.8 Å². The Morgan fingerprint density at radius 3 is 2.17 bits per heavy atom. The number of carboxylic acid groups (broad SMARTS) is 1. The number of fused-ring (bicyclic) bond motifs is 2. The van der Waals surface area contributed by atoms with E-state index in [1.807, 2.05) is 0 Å². The summed E-state index contributed by atoms with van der Waals surface area (Å²) in [6.45, 7) is 0.370. The Morgan fingerprint density at radius 2 is 1.60 bits per heavy atom. The molecule has 198 valence electrons. The summed E-state index contributed by atoms with van der Waals surface area (Å²) in [4.78, 5) is 24.6. The van der Waals surface area contributed by atoms with E-state index in [4.69, 9.17) is 23.7 Å². The van der Waals surface area contributed by atoms with Crippen molar-refractivity contribution in [1.82, 2.24) is 5.32 Å². The molecule has 2 aliphatic carbocycles. The molecule has 0 aromatic rings. The van der Waals surface area contributed by atoms with Crippen LogP contribution in [0.25, 0.3) is 0 Å². The van der Waals surface area contributed by atoms with Crippen molar-refractivity contribution in [3.05, 3.63) is 12.2 Å². The number of amides is 1. The highest BCUT2D eigenvalue weighted by atomic mass is 16.7. The zero-order valence-electron chi connectivity index (χ0n) is 19.4. The van der Waals surface area contributed by atoms with Crippen molar-refractivity contribution in [1.29, 1.82) is 0 Å². The number of allylic oxidation sites excluding steroid dienone is 2. The molecule has 13 nitrogen and oxygen atoms in total. The molecule has 1 saturated carbocycles. The van der Waals surface area contributed by atoms with E-state index in [1.165, 1.54) is 7.11 Å². The molecule has 35 heavy (non-hydrogen) atoms. The number of aliphatic hydroxyl groups excluding tert-OH is 4. The van der Waals surface area contributed by atoms with Crippen molar-refractivity contribution in [3.8, 4) is 0 Å². The number of carbonyl (C=O) groups excluding carboxylic acids is 1. The van der Waals surface area contributed by atoms with E-state index in [9.17, 15) is 35.1 Å². The molecule has 4 rings (SSSR count). The molecule has 0 aromatic heterocycles. The van der Waals surface area contributed by atoms with Crippen LogP contribution >= 0.6 is 0 Å². The minimum Gasteiger partial charge on any atom is -0.479 e. The number of methoxy groups -OCH3 is 2. The molecule has 3 fully saturated rings. The largest absolute Gasteiger partial charge is 0.479 e. The number of hydrogen-bond acceptors (Lipinski definition) is 11. The molecule has 4 aliphatic rings. The Balaban J connectivity index is 1.49. The first-order valence-electron chi connectivity index (χ1n) is 11.6. The van der Waals surface area contributed by atoms with Crippen LogP contribution in [-0.4, -0.2) is 120 Å². The molecule has 13 heteroatoms. The van der Waals surface area contributed by atoms with E-state index in [2.05, 4.69) is 17.5 Å². The summed E-state index contributed by atoms with van der Waals surface area (Å²) < 4.78 is 26.5. The fourth-order valence-electron chi connectivity index (χ4n) is 5.44. The van der Waals surface area contributed by atoms with Crippen LogP contribution in [-0.2, 0) is 33.3 Å². The van der Waals surface area contributed by atoms with Gasteiger partial charge in [-0.1, -0.05) is 12.2 Å². The normalized spacial score (nSPS) is 47.1. The lowest BCUT2D eigenvalue weighted by molar-refractivity contribution is -0.348. The number of rotatable bonds is 8. The number of aliphatic hydroxyl groups is 4. The van der Waals surface area contributed by atoms with Crippen molar-refractivity contribution in [2.24, 2.45) is 17.8 Å². The van der Waals surface area contributed by atoms with Crippen molar-refractivity contribution < 1.29 is 58.8 Å². The van der Waals surface area contributed by atoms with Crippen LogP contribution in [0.4, 0.5) is 0 Å². The molecule has 13 unspecified atom stereocenters. The summed E-state index contributed by atoms with van der Waals surface area (Å²) in [7, 11) is 2.39. The van der Waals surface area contributed by atoms with Gasteiger partial charge in [-0.3, -0.25) is 4.79 Å². The van der Waals surface area contributed by atoms with Crippen LogP contribution in [0.2, 0.25) is 0 Å². The monoisotopic (exact) mass is 503 g/mol. The fraction of sp³-hybridized carbons (Fsp3) is 0.818. The minimum absolute atomic E-state index is 0.259. The summed E-state index contributed by atoms with van der Waals surface area (Å²) in [6.07, 6.45) is -9.74. The maximum atomic E-state index is 13.1. The molecule has 1 amide bonds. The van der Waals surface area contributed by atoms with Crippen LogP contribution in [0.15, 0.2) is 12.2 Å². The van der Waals surface area contributed by atoms with Crippen molar-refractivity contribution in [3.63, 3.8) is 0 Å². The molecule has 13 atom stereocenters. The Morgan fingerprint density at radius 1 is 0.886 bits per heavy atom. The second-order valence-electron chi connectivity index (χ2n) is 9.47. The van der Waals surface area contributed by atoms with Gasteiger partial charge in [0.15, 0.2) is 24.8 Å². The van der Waals surface area contributed by atoms with Crippen molar-refractivity contribution in [2.45, 2.75) is 74.3 Å².